The van der Waals surface area contributed by atoms with E-state index in [1.54, 1.807) is 4.90 Å². The van der Waals surface area contributed by atoms with Gasteiger partial charge in [0, 0.05) is 25.4 Å². The fraction of sp³-hybridized carbons (Fsp3) is 0.850. The Balaban J connectivity index is 2.72. The predicted molar refractivity (Wildman–Crippen MR) is 114 cm³/mol. The molecule has 0 spiro atoms. The van der Waals surface area contributed by atoms with Gasteiger partial charge in [-0.2, -0.15) is 0 Å². The van der Waals surface area contributed by atoms with Crippen molar-refractivity contribution in [3.8, 4) is 11.8 Å². The summed E-state index contributed by atoms with van der Waals surface area (Å²) in [6.45, 7) is 18.8. The lowest BCUT2D eigenvalue weighted by molar-refractivity contribution is -0.133. The van der Waals surface area contributed by atoms with E-state index in [4.69, 9.17) is 4.43 Å². The second-order valence-corrected chi connectivity index (χ2v) is 20.4. The summed E-state index contributed by atoms with van der Waals surface area (Å²) in [5, 5.41) is 10.1. The number of likely N-dealkylation sites (tertiary alicyclic amines) is 1. The largest absolute Gasteiger partial charge is 0.403 e. The van der Waals surface area contributed by atoms with Gasteiger partial charge in [-0.25, -0.2) is 0 Å². The smallest absolute Gasteiger partial charge is 0.224 e. The Kier molecular flexibility index (Phi) is 8.15. The molecule has 1 aliphatic heterocycles. The molecule has 1 heterocycles. The van der Waals surface area contributed by atoms with E-state index in [-0.39, 0.29) is 17.0 Å². The highest BCUT2D eigenvalue weighted by Gasteiger charge is 2.39. The van der Waals surface area contributed by atoms with E-state index in [0.717, 1.165) is 18.9 Å². The number of hydrogen-bond donors (Lipinski definition) is 1. The summed E-state index contributed by atoms with van der Waals surface area (Å²) in [7, 11) is -3.09. The van der Waals surface area contributed by atoms with Crippen molar-refractivity contribution in [2.75, 3.05) is 6.54 Å². The van der Waals surface area contributed by atoms with Crippen LogP contribution in [-0.2, 0) is 9.22 Å². The van der Waals surface area contributed by atoms with Gasteiger partial charge in [0.25, 0.3) is 0 Å². The average Bonchev–Trinajstić information content (AvgIpc) is 2.75. The van der Waals surface area contributed by atoms with E-state index in [1.165, 1.54) is 0 Å². The highest BCUT2D eigenvalue weighted by molar-refractivity contribution is 6.76. The zero-order valence-electron chi connectivity index (χ0n) is 18.1. The highest BCUT2D eigenvalue weighted by Crippen LogP contribution is 2.37. The predicted octanol–water partition coefficient (Wildman–Crippen LogP) is 4.44. The molecule has 0 aromatic heterocycles. The molecule has 0 radical (unpaired) electrons. The SMILES string of the molecule is CC(C)(C)[Si](C)(C)O[C@@H](C#CC[Si](C)(C)C)CCCN1C(=O)CC[C@H]1O. The zero-order valence-corrected chi connectivity index (χ0v) is 20.1. The Hall–Kier alpha value is -0.616. The molecule has 0 aliphatic carbocycles. The number of amides is 1. The summed E-state index contributed by atoms with van der Waals surface area (Å²) in [6.07, 6.45) is 1.94. The van der Waals surface area contributed by atoms with Crippen LogP contribution in [0.15, 0.2) is 0 Å². The van der Waals surface area contributed by atoms with E-state index in [1.807, 2.05) is 0 Å². The van der Waals surface area contributed by atoms with Crippen LogP contribution in [0.2, 0.25) is 43.8 Å². The minimum atomic E-state index is -1.89. The maximum Gasteiger partial charge on any atom is 0.224 e. The van der Waals surface area contributed by atoms with Gasteiger partial charge in [-0.15, -0.1) is 5.92 Å². The first-order chi connectivity index (χ1) is 11.7. The number of aliphatic hydroxyl groups excluding tert-OH is 1. The third-order valence-electron chi connectivity index (χ3n) is 5.29. The molecule has 0 aromatic carbocycles. The van der Waals surface area contributed by atoms with Crippen molar-refractivity contribution in [2.24, 2.45) is 0 Å². The van der Waals surface area contributed by atoms with Crippen LogP contribution in [-0.4, -0.2) is 51.2 Å². The Bertz CT molecular complexity index is 538. The van der Waals surface area contributed by atoms with Crippen LogP contribution in [0.3, 0.4) is 0 Å². The maximum absolute atomic E-state index is 11.8. The summed E-state index contributed by atoms with van der Waals surface area (Å²) in [6, 6.07) is 0.980. The molecule has 0 aromatic rings. The fourth-order valence-electron chi connectivity index (χ4n) is 2.56. The van der Waals surface area contributed by atoms with Gasteiger partial charge in [-0.1, -0.05) is 46.3 Å². The van der Waals surface area contributed by atoms with Gasteiger partial charge >= 0.3 is 0 Å². The molecule has 1 rings (SSSR count). The molecule has 0 bridgehead atoms. The molecule has 0 unspecified atom stereocenters. The van der Waals surface area contributed by atoms with Gasteiger partial charge in [0.1, 0.15) is 12.3 Å². The van der Waals surface area contributed by atoms with Gasteiger partial charge in [0.05, 0.1) is 8.07 Å². The van der Waals surface area contributed by atoms with Crippen LogP contribution in [0.1, 0.15) is 46.5 Å². The van der Waals surface area contributed by atoms with E-state index in [0.29, 0.717) is 19.4 Å². The normalized spacial score (nSPS) is 20.1. The lowest BCUT2D eigenvalue weighted by Gasteiger charge is -2.38. The van der Waals surface area contributed by atoms with E-state index >= 15 is 0 Å². The van der Waals surface area contributed by atoms with E-state index < -0.39 is 22.6 Å². The Morgan fingerprint density at radius 2 is 1.88 bits per heavy atom. The van der Waals surface area contributed by atoms with Gasteiger partial charge in [0.15, 0.2) is 8.32 Å². The Morgan fingerprint density at radius 1 is 1.27 bits per heavy atom. The zero-order chi connectivity index (χ0) is 20.2. The molecule has 1 saturated heterocycles. The molecule has 1 aliphatic rings. The summed E-state index contributed by atoms with van der Waals surface area (Å²) in [4.78, 5) is 13.4. The monoisotopic (exact) mass is 397 g/mol. The molecule has 1 fully saturated rings. The molecular formula is C20H39NO3Si2. The third kappa shape index (κ3) is 7.55. The van der Waals surface area contributed by atoms with Gasteiger partial charge in [0.2, 0.25) is 5.91 Å². The number of hydrogen-bond acceptors (Lipinski definition) is 3. The molecule has 1 amide bonds. The van der Waals surface area contributed by atoms with Crippen molar-refractivity contribution in [2.45, 2.75) is 103 Å². The van der Waals surface area contributed by atoms with Crippen molar-refractivity contribution in [1.29, 1.82) is 0 Å². The summed E-state index contributed by atoms with van der Waals surface area (Å²) >= 11 is 0. The number of carbonyl (C=O) groups excluding carboxylic acids is 1. The van der Waals surface area contributed by atoms with Crippen molar-refractivity contribution in [3.63, 3.8) is 0 Å². The number of nitrogens with zero attached hydrogens (tertiary/aromatic N) is 1. The minimum absolute atomic E-state index is 0.0594. The molecule has 26 heavy (non-hydrogen) atoms. The van der Waals surface area contributed by atoms with Crippen LogP contribution in [0.5, 0.6) is 0 Å². The van der Waals surface area contributed by atoms with Gasteiger partial charge in [-0.05, 0) is 31.0 Å². The summed E-state index contributed by atoms with van der Waals surface area (Å²) in [5.74, 6) is 6.82. The second kappa shape index (κ2) is 9.05. The first-order valence-electron chi connectivity index (χ1n) is 9.87. The van der Waals surface area contributed by atoms with Gasteiger partial charge in [-0.3, -0.25) is 4.79 Å². The molecule has 150 valence electrons. The van der Waals surface area contributed by atoms with E-state index in [2.05, 4.69) is 65.3 Å². The van der Waals surface area contributed by atoms with Crippen LogP contribution in [0, 0.1) is 11.8 Å². The number of carbonyl (C=O) groups is 1. The van der Waals surface area contributed by atoms with Gasteiger partial charge < -0.3 is 14.4 Å². The lowest BCUT2D eigenvalue weighted by Crippen LogP contribution is -2.44. The topological polar surface area (TPSA) is 49.8 Å². The van der Waals surface area contributed by atoms with Crippen molar-refractivity contribution in [3.05, 3.63) is 0 Å². The van der Waals surface area contributed by atoms with Crippen LogP contribution < -0.4 is 0 Å². The van der Waals surface area contributed by atoms with Crippen LogP contribution in [0.25, 0.3) is 0 Å². The molecule has 0 saturated carbocycles. The second-order valence-electron chi connectivity index (χ2n) is 10.2. The summed E-state index contributed by atoms with van der Waals surface area (Å²) in [5.41, 5.74) is 0. The highest BCUT2D eigenvalue weighted by atomic mass is 28.4. The molecular weight excluding hydrogens is 358 g/mol. The number of rotatable bonds is 7. The van der Waals surface area contributed by atoms with Crippen molar-refractivity contribution >= 4 is 22.3 Å². The quantitative estimate of drug-likeness (QED) is 0.510. The van der Waals surface area contributed by atoms with Crippen molar-refractivity contribution in [1.82, 2.24) is 4.90 Å². The van der Waals surface area contributed by atoms with Crippen LogP contribution >= 0.6 is 0 Å². The third-order valence-corrected chi connectivity index (χ3v) is 11.0. The standard InChI is InChI=1S/C20H39NO3Si2/c1-20(2,3)26(7,8)24-17(12-10-16-25(4,5)6)11-9-15-21-18(22)13-14-19(21)23/h17-18,22H,9,11,13-16H2,1-8H3/t17-,18-/m1/s1. The van der Waals surface area contributed by atoms with Crippen molar-refractivity contribution < 1.29 is 14.3 Å². The van der Waals surface area contributed by atoms with Crippen LogP contribution in [0.4, 0.5) is 0 Å². The Labute approximate surface area is 162 Å². The fourth-order valence-corrected chi connectivity index (χ4v) is 4.44. The number of aliphatic hydroxyl groups is 1. The molecule has 6 heteroatoms. The molecule has 2 atom stereocenters. The minimum Gasteiger partial charge on any atom is -0.403 e. The van der Waals surface area contributed by atoms with E-state index in [9.17, 15) is 9.90 Å². The lowest BCUT2D eigenvalue weighted by atomic mass is 10.2. The average molecular weight is 398 g/mol. The molecule has 1 N–H and O–H groups in total. The maximum atomic E-state index is 11.8. The first-order valence-corrected chi connectivity index (χ1v) is 16.5. The summed E-state index contributed by atoms with van der Waals surface area (Å²) < 4.78 is 6.55. The first kappa shape index (κ1) is 23.4. The Morgan fingerprint density at radius 3 is 2.35 bits per heavy atom. The molecule has 4 nitrogen and oxygen atoms in total.